The molecule has 3 aromatic carbocycles. The highest BCUT2D eigenvalue weighted by Crippen LogP contribution is 2.42. The molecule has 1 amide bonds. The zero-order chi connectivity index (χ0) is 37.0. The van der Waals surface area contributed by atoms with Gasteiger partial charge in [-0.2, -0.15) is 4.98 Å². The summed E-state index contributed by atoms with van der Waals surface area (Å²) in [6.07, 6.45) is 3.86. The number of aryl methyl sites for hydroxylation is 1. The van der Waals surface area contributed by atoms with E-state index < -0.39 is 34.7 Å². The van der Waals surface area contributed by atoms with E-state index in [0.717, 1.165) is 5.56 Å². The van der Waals surface area contributed by atoms with Gasteiger partial charge in [-0.1, -0.05) is 133 Å². The summed E-state index contributed by atoms with van der Waals surface area (Å²) in [5, 5.41) is 4.87. The Morgan fingerprint density at radius 1 is 0.902 bits per heavy atom. The first kappa shape index (κ1) is 38.3. The monoisotopic (exact) mass is 723 g/mol. The molecule has 1 aromatic heterocycles. The van der Waals surface area contributed by atoms with Gasteiger partial charge in [-0.3, -0.25) is 9.36 Å². The van der Waals surface area contributed by atoms with Crippen molar-refractivity contribution in [1.82, 2.24) is 9.55 Å². The number of amides is 1. The van der Waals surface area contributed by atoms with E-state index in [9.17, 15) is 9.59 Å². The molecule has 1 saturated heterocycles. The lowest BCUT2D eigenvalue weighted by Crippen LogP contribution is -2.68. The number of anilines is 1. The summed E-state index contributed by atoms with van der Waals surface area (Å²) in [7, 11) is -5.11. The minimum Gasteiger partial charge on any atom is -0.414 e. The van der Waals surface area contributed by atoms with E-state index in [1.165, 1.54) is 21.0 Å². The molecule has 0 radical (unpaired) electrons. The normalized spacial score (nSPS) is 18.6. The quantitative estimate of drug-likeness (QED) is 0.128. The summed E-state index contributed by atoms with van der Waals surface area (Å²) in [6.45, 7) is 20.1. The molecule has 0 bridgehead atoms. The van der Waals surface area contributed by atoms with Crippen molar-refractivity contribution in [3.8, 4) is 0 Å². The summed E-state index contributed by atoms with van der Waals surface area (Å²) in [5.41, 5.74) is 1.03. The number of rotatable bonds is 11. The van der Waals surface area contributed by atoms with E-state index >= 15 is 0 Å². The Balaban J connectivity index is 1.49. The van der Waals surface area contributed by atoms with Crippen LogP contribution in [0.25, 0.3) is 6.08 Å². The van der Waals surface area contributed by atoms with Gasteiger partial charge in [-0.25, -0.2) is 4.79 Å². The molecule has 2 heterocycles. The van der Waals surface area contributed by atoms with Gasteiger partial charge in [-0.05, 0) is 52.1 Å². The van der Waals surface area contributed by atoms with Crippen molar-refractivity contribution in [3.05, 3.63) is 125 Å². The molecule has 3 atom stereocenters. The summed E-state index contributed by atoms with van der Waals surface area (Å²) in [5.74, 6) is -0.153. The highest BCUT2D eigenvalue weighted by atomic mass is 28.4. The first-order chi connectivity index (χ1) is 24.0. The van der Waals surface area contributed by atoms with E-state index in [-0.39, 0.29) is 27.9 Å². The topological polar surface area (TPSA) is 91.7 Å². The molecule has 1 fully saturated rings. The Morgan fingerprint density at radius 2 is 1.45 bits per heavy atom. The molecule has 1 aliphatic heterocycles. The second-order valence-electron chi connectivity index (χ2n) is 16.0. The molecule has 51 heavy (non-hydrogen) atoms. The third-order valence-corrected chi connectivity index (χ3v) is 19.8. The molecule has 0 spiro atoms. The Hall–Kier alpha value is -3.94. The Kier molecular flexibility index (Phi) is 11.5. The molecule has 8 nitrogen and oxygen atoms in total. The third kappa shape index (κ3) is 8.59. The van der Waals surface area contributed by atoms with E-state index in [2.05, 4.69) is 113 Å². The zero-order valence-corrected chi connectivity index (χ0v) is 33.5. The molecular weight excluding hydrogens is 671 g/mol. The largest absolute Gasteiger partial charge is 0.414 e. The SMILES string of the molecule is Cc1cn([C@H]2C[C@H](O[Si](c3ccccc3)(c3ccccc3)C(C)(C)C)[C@@H](CO[Si](C)(C)C(C)(C)C)O2)c(=O)nc1NC(=O)/C=C/c1ccccc1. The van der Waals surface area contributed by atoms with Crippen LogP contribution in [-0.2, 0) is 18.4 Å². The standard InChI is InChI=1S/C41H53N3O5Si2/c1-30-28-44(39(46)43-38(30)42-36(45)26-25-31-19-13-10-14-20-31)37-27-34(35(48-37)29-47-50(8,9)40(2,3)4)49-51(41(5,6)7,32-21-15-11-16-22-32)33-23-17-12-18-24-33/h10-26,28,34-35,37H,27,29H2,1-9H3,(H,42,43,45,46)/b26-25+/t34-,35+,37+/m0/s1. The summed E-state index contributed by atoms with van der Waals surface area (Å²) in [4.78, 5) is 30.7. The molecule has 0 saturated carbocycles. The highest BCUT2D eigenvalue weighted by Gasteiger charge is 2.54. The molecule has 270 valence electrons. The molecule has 0 aliphatic carbocycles. The van der Waals surface area contributed by atoms with E-state index in [1.54, 1.807) is 12.3 Å². The number of nitrogens with one attached hydrogen (secondary N) is 1. The van der Waals surface area contributed by atoms with Gasteiger partial charge in [0.15, 0.2) is 8.32 Å². The lowest BCUT2D eigenvalue weighted by Gasteiger charge is -2.45. The van der Waals surface area contributed by atoms with Crippen molar-refractivity contribution in [2.24, 2.45) is 0 Å². The Labute approximate surface area is 305 Å². The fourth-order valence-corrected chi connectivity index (χ4v) is 12.1. The number of carbonyl (C=O) groups excluding carboxylic acids is 1. The van der Waals surface area contributed by atoms with Crippen LogP contribution in [-0.4, -0.2) is 50.9 Å². The van der Waals surface area contributed by atoms with Crippen molar-refractivity contribution in [2.45, 2.75) is 96.5 Å². The van der Waals surface area contributed by atoms with Gasteiger partial charge < -0.3 is 18.9 Å². The highest BCUT2D eigenvalue weighted by molar-refractivity contribution is 6.99. The Morgan fingerprint density at radius 3 is 1.98 bits per heavy atom. The number of ether oxygens (including phenoxy) is 1. The summed E-state index contributed by atoms with van der Waals surface area (Å²) < 4.78 is 22.7. The zero-order valence-electron chi connectivity index (χ0n) is 31.5. The van der Waals surface area contributed by atoms with Gasteiger partial charge in [0.1, 0.15) is 18.1 Å². The first-order valence-corrected chi connectivity index (χ1v) is 22.6. The van der Waals surface area contributed by atoms with Crippen LogP contribution in [0.4, 0.5) is 5.82 Å². The van der Waals surface area contributed by atoms with E-state index in [1.807, 2.05) is 49.4 Å². The average molecular weight is 724 g/mol. The van der Waals surface area contributed by atoms with Crippen molar-refractivity contribution in [2.75, 3.05) is 11.9 Å². The third-order valence-electron chi connectivity index (χ3n) is 10.3. The minimum absolute atomic E-state index is 0.00781. The maximum Gasteiger partial charge on any atom is 0.351 e. The number of aromatic nitrogens is 2. The lowest BCUT2D eigenvalue weighted by atomic mass is 10.2. The van der Waals surface area contributed by atoms with Crippen LogP contribution < -0.4 is 21.4 Å². The minimum atomic E-state index is -2.96. The maximum absolute atomic E-state index is 13.6. The van der Waals surface area contributed by atoms with Crippen molar-refractivity contribution in [3.63, 3.8) is 0 Å². The number of hydrogen-bond acceptors (Lipinski definition) is 6. The molecule has 1 aliphatic rings. The van der Waals surface area contributed by atoms with Crippen LogP contribution >= 0.6 is 0 Å². The number of hydrogen-bond donors (Lipinski definition) is 1. The number of benzene rings is 3. The predicted octanol–water partition coefficient (Wildman–Crippen LogP) is 7.46. The summed E-state index contributed by atoms with van der Waals surface area (Å²) in [6, 6.07) is 30.6. The van der Waals surface area contributed by atoms with Crippen LogP contribution in [0.15, 0.2) is 108 Å². The second kappa shape index (κ2) is 15.4. The van der Waals surface area contributed by atoms with Crippen LogP contribution in [0.2, 0.25) is 23.2 Å². The van der Waals surface area contributed by atoms with Crippen LogP contribution in [0.5, 0.6) is 0 Å². The molecule has 0 unspecified atom stereocenters. The van der Waals surface area contributed by atoms with Gasteiger partial charge >= 0.3 is 5.69 Å². The Bertz CT molecular complexity index is 1830. The molecular formula is C41H53N3O5Si2. The molecule has 10 heteroatoms. The molecule has 4 aromatic rings. The summed E-state index contributed by atoms with van der Waals surface area (Å²) >= 11 is 0. The van der Waals surface area contributed by atoms with Crippen LogP contribution in [0, 0.1) is 6.92 Å². The van der Waals surface area contributed by atoms with E-state index in [4.69, 9.17) is 13.6 Å². The van der Waals surface area contributed by atoms with E-state index in [0.29, 0.717) is 18.6 Å². The van der Waals surface area contributed by atoms with Crippen molar-refractivity contribution in [1.29, 1.82) is 0 Å². The van der Waals surface area contributed by atoms with Crippen LogP contribution in [0.3, 0.4) is 0 Å². The molecule has 1 N–H and O–H groups in total. The molecule has 5 rings (SSSR count). The maximum atomic E-state index is 13.6. The fourth-order valence-electron chi connectivity index (χ4n) is 6.36. The van der Waals surface area contributed by atoms with Crippen LogP contribution in [0.1, 0.15) is 65.3 Å². The van der Waals surface area contributed by atoms with Gasteiger partial charge in [0.05, 0.1) is 12.7 Å². The van der Waals surface area contributed by atoms with Gasteiger partial charge in [-0.15, -0.1) is 0 Å². The fraction of sp³-hybridized carbons (Fsp3) is 0.390. The number of carbonyl (C=O) groups is 1. The smallest absolute Gasteiger partial charge is 0.351 e. The lowest BCUT2D eigenvalue weighted by molar-refractivity contribution is -0.111. The van der Waals surface area contributed by atoms with Gasteiger partial charge in [0, 0.05) is 24.3 Å². The first-order valence-electron chi connectivity index (χ1n) is 17.7. The van der Waals surface area contributed by atoms with Gasteiger partial charge in [0.25, 0.3) is 8.32 Å². The second-order valence-corrected chi connectivity index (χ2v) is 25.0. The number of nitrogens with zero attached hydrogens (tertiary/aromatic N) is 2. The van der Waals surface area contributed by atoms with Crippen molar-refractivity contribution < 1.29 is 18.4 Å². The van der Waals surface area contributed by atoms with Gasteiger partial charge in [0.2, 0.25) is 5.91 Å². The van der Waals surface area contributed by atoms with Crippen molar-refractivity contribution >= 4 is 44.8 Å². The predicted molar refractivity (Wildman–Crippen MR) is 212 cm³/mol. The average Bonchev–Trinajstić information content (AvgIpc) is 3.49.